The standard InChI is InChI=1S/C36H21N5S/c1-2-8-22(9-3-1)33-25-10-4-6-12-28(25)39-36(40-33)23-14-16-24(17-15-23)41-29-13-7-5-11-26(29)32-30(41)19-18-27-34-31(42-35(27)32)20-37-21-38-34/h1-21H. The molecular formula is C36H21N5S. The van der Waals surface area contributed by atoms with E-state index in [1.807, 2.05) is 36.5 Å². The molecular weight excluding hydrogens is 534 g/mol. The quantitative estimate of drug-likeness (QED) is 0.218. The second-order valence-electron chi connectivity index (χ2n) is 10.4. The van der Waals surface area contributed by atoms with Crippen LogP contribution in [0.3, 0.4) is 0 Å². The highest BCUT2D eigenvalue weighted by molar-refractivity contribution is 7.26. The van der Waals surface area contributed by atoms with Gasteiger partial charge in [0.05, 0.1) is 32.5 Å². The van der Waals surface area contributed by atoms with Gasteiger partial charge in [-0.05, 0) is 48.5 Å². The second kappa shape index (κ2) is 9.03. The molecule has 0 atom stereocenters. The largest absolute Gasteiger partial charge is 0.309 e. The van der Waals surface area contributed by atoms with Crippen LogP contribution in [-0.2, 0) is 0 Å². The summed E-state index contributed by atoms with van der Waals surface area (Å²) in [4.78, 5) is 18.9. The van der Waals surface area contributed by atoms with E-state index in [-0.39, 0.29) is 0 Å². The fourth-order valence-corrected chi connectivity index (χ4v) is 7.27. The van der Waals surface area contributed by atoms with Gasteiger partial charge in [0.2, 0.25) is 0 Å². The minimum atomic E-state index is 0.717. The lowest BCUT2D eigenvalue weighted by Crippen LogP contribution is -1.97. The number of hydrogen-bond donors (Lipinski definition) is 0. The summed E-state index contributed by atoms with van der Waals surface area (Å²) in [5.41, 5.74) is 8.39. The van der Waals surface area contributed by atoms with Gasteiger partial charge in [0.25, 0.3) is 0 Å². The molecule has 0 N–H and O–H groups in total. The van der Waals surface area contributed by atoms with Crippen molar-refractivity contribution in [2.75, 3.05) is 0 Å². The van der Waals surface area contributed by atoms with E-state index in [0.29, 0.717) is 0 Å². The summed E-state index contributed by atoms with van der Waals surface area (Å²) in [6.45, 7) is 0. The van der Waals surface area contributed by atoms with E-state index in [2.05, 4.69) is 99.5 Å². The van der Waals surface area contributed by atoms with E-state index < -0.39 is 0 Å². The Kier molecular flexibility index (Phi) is 5.00. The van der Waals surface area contributed by atoms with Crippen molar-refractivity contribution in [2.24, 2.45) is 0 Å². The molecule has 5 nitrogen and oxygen atoms in total. The lowest BCUT2D eigenvalue weighted by atomic mass is 10.1. The maximum absolute atomic E-state index is 5.06. The maximum Gasteiger partial charge on any atom is 0.160 e. The van der Waals surface area contributed by atoms with Gasteiger partial charge in [0, 0.05) is 49.3 Å². The Balaban J connectivity index is 1.23. The van der Waals surface area contributed by atoms with Crippen LogP contribution >= 0.6 is 11.3 Å². The summed E-state index contributed by atoms with van der Waals surface area (Å²) in [5.74, 6) is 0.717. The monoisotopic (exact) mass is 555 g/mol. The van der Waals surface area contributed by atoms with Crippen LogP contribution in [0.25, 0.3) is 81.3 Å². The second-order valence-corrected chi connectivity index (χ2v) is 11.4. The highest BCUT2D eigenvalue weighted by Gasteiger charge is 2.18. The first-order chi connectivity index (χ1) is 20.8. The van der Waals surface area contributed by atoms with Crippen LogP contribution in [-0.4, -0.2) is 24.5 Å². The Bertz CT molecular complexity index is 2460. The molecule has 0 aliphatic heterocycles. The predicted octanol–water partition coefficient (Wildman–Crippen LogP) is 9.22. The Morgan fingerprint density at radius 3 is 2.26 bits per heavy atom. The first-order valence-corrected chi connectivity index (χ1v) is 14.6. The highest BCUT2D eigenvalue weighted by Crippen LogP contribution is 2.42. The fourth-order valence-electron chi connectivity index (χ4n) is 6.08. The normalized spacial score (nSPS) is 11.8. The number of nitrogens with zero attached hydrogens (tertiary/aromatic N) is 5. The molecule has 4 aromatic heterocycles. The third-order valence-corrected chi connectivity index (χ3v) is 9.12. The summed E-state index contributed by atoms with van der Waals surface area (Å²) < 4.78 is 4.69. The molecule has 5 aromatic carbocycles. The van der Waals surface area contributed by atoms with Crippen LogP contribution in [0.5, 0.6) is 0 Å². The molecule has 0 fully saturated rings. The van der Waals surface area contributed by atoms with Crippen molar-refractivity contribution in [1.82, 2.24) is 24.5 Å². The lowest BCUT2D eigenvalue weighted by Gasteiger charge is -2.11. The molecule has 9 aromatic rings. The van der Waals surface area contributed by atoms with Gasteiger partial charge in [0.15, 0.2) is 5.82 Å². The molecule has 42 heavy (non-hydrogen) atoms. The molecule has 0 saturated heterocycles. The third kappa shape index (κ3) is 3.42. The maximum atomic E-state index is 5.06. The zero-order valence-corrected chi connectivity index (χ0v) is 23.1. The average molecular weight is 556 g/mol. The Morgan fingerprint density at radius 2 is 1.38 bits per heavy atom. The van der Waals surface area contributed by atoms with Crippen molar-refractivity contribution < 1.29 is 0 Å². The van der Waals surface area contributed by atoms with Gasteiger partial charge in [-0.3, -0.25) is 0 Å². The Morgan fingerprint density at radius 1 is 0.595 bits per heavy atom. The first-order valence-electron chi connectivity index (χ1n) is 13.8. The van der Waals surface area contributed by atoms with Crippen LogP contribution in [0.1, 0.15) is 0 Å². The van der Waals surface area contributed by atoms with Gasteiger partial charge in [-0.25, -0.2) is 19.9 Å². The summed E-state index contributed by atoms with van der Waals surface area (Å²) in [5, 5.41) is 4.70. The molecule has 0 aliphatic carbocycles. The minimum absolute atomic E-state index is 0.717. The van der Waals surface area contributed by atoms with Gasteiger partial charge in [-0.1, -0.05) is 66.7 Å². The molecule has 0 aliphatic rings. The van der Waals surface area contributed by atoms with E-state index in [0.717, 1.165) is 49.5 Å². The number of thiophene rings is 1. The topological polar surface area (TPSA) is 56.5 Å². The van der Waals surface area contributed by atoms with Crippen LogP contribution in [0.4, 0.5) is 0 Å². The van der Waals surface area contributed by atoms with E-state index >= 15 is 0 Å². The van der Waals surface area contributed by atoms with Crippen LogP contribution in [0.15, 0.2) is 128 Å². The van der Waals surface area contributed by atoms with Crippen molar-refractivity contribution in [3.05, 3.63) is 128 Å². The van der Waals surface area contributed by atoms with Gasteiger partial charge >= 0.3 is 0 Å². The van der Waals surface area contributed by atoms with E-state index in [1.54, 1.807) is 17.7 Å². The van der Waals surface area contributed by atoms with Gasteiger partial charge < -0.3 is 4.57 Å². The predicted molar refractivity (Wildman–Crippen MR) is 173 cm³/mol. The molecule has 196 valence electrons. The summed E-state index contributed by atoms with van der Waals surface area (Å²) in [6.07, 6.45) is 3.54. The van der Waals surface area contributed by atoms with Crippen molar-refractivity contribution >= 4 is 64.3 Å². The minimum Gasteiger partial charge on any atom is -0.309 e. The fraction of sp³-hybridized carbons (Fsp3) is 0. The third-order valence-electron chi connectivity index (χ3n) is 7.97. The zero-order valence-electron chi connectivity index (χ0n) is 22.3. The molecule has 0 unspecified atom stereocenters. The average Bonchev–Trinajstić information content (AvgIpc) is 3.60. The molecule has 0 amide bonds. The smallest absolute Gasteiger partial charge is 0.160 e. The first kappa shape index (κ1) is 23.3. The Labute approximate surface area is 244 Å². The van der Waals surface area contributed by atoms with Crippen LogP contribution in [0.2, 0.25) is 0 Å². The number of benzene rings is 5. The number of fused-ring (bicyclic) bond motifs is 8. The summed E-state index contributed by atoms with van der Waals surface area (Å²) >= 11 is 1.76. The molecule has 0 spiro atoms. The highest BCUT2D eigenvalue weighted by atomic mass is 32.1. The van der Waals surface area contributed by atoms with Crippen molar-refractivity contribution in [1.29, 1.82) is 0 Å². The van der Waals surface area contributed by atoms with Crippen molar-refractivity contribution in [3.8, 4) is 28.3 Å². The van der Waals surface area contributed by atoms with Gasteiger partial charge in [0.1, 0.15) is 6.33 Å². The van der Waals surface area contributed by atoms with Crippen LogP contribution < -0.4 is 0 Å². The number of para-hydroxylation sites is 2. The molecule has 0 radical (unpaired) electrons. The number of rotatable bonds is 3. The molecule has 4 heterocycles. The molecule has 0 bridgehead atoms. The van der Waals surface area contributed by atoms with Gasteiger partial charge in [-0.15, -0.1) is 11.3 Å². The van der Waals surface area contributed by atoms with Crippen molar-refractivity contribution in [2.45, 2.75) is 0 Å². The Hall–Kier alpha value is -5.46. The molecule has 0 saturated carbocycles. The van der Waals surface area contributed by atoms with E-state index in [1.165, 1.54) is 31.9 Å². The zero-order chi connectivity index (χ0) is 27.6. The van der Waals surface area contributed by atoms with Gasteiger partial charge in [-0.2, -0.15) is 0 Å². The lowest BCUT2D eigenvalue weighted by molar-refractivity contribution is 1.17. The summed E-state index contributed by atoms with van der Waals surface area (Å²) in [7, 11) is 0. The number of hydrogen-bond acceptors (Lipinski definition) is 5. The SMILES string of the molecule is c1ccc(-c2nc(-c3ccc(-n4c5ccccc5c5c6sc7cncnc7c6ccc54)cc3)nc3ccccc23)cc1. The molecule has 6 heteroatoms. The molecule has 9 rings (SSSR count). The summed E-state index contributed by atoms with van der Waals surface area (Å²) in [6, 6.07) is 40.2. The van der Waals surface area contributed by atoms with E-state index in [4.69, 9.17) is 9.97 Å². The van der Waals surface area contributed by atoms with Crippen molar-refractivity contribution in [3.63, 3.8) is 0 Å². The number of aromatic nitrogens is 5. The van der Waals surface area contributed by atoms with Crippen LogP contribution in [0, 0.1) is 0 Å². The van der Waals surface area contributed by atoms with E-state index in [9.17, 15) is 0 Å².